The molecular formula is C6H8AtN2O6P. The molecule has 0 aliphatic carbocycles. The monoisotopic (exact) mass is 445 g/mol. The number of amides is 2. The van der Waals surface area contributed by atoms with E-state index in [0.717, 1.165) is 34.5 Å². The molecule has 90 valence electrons. The molecule has 0 saturated carbocycles. The summed E-state index contributed by atoms with van der Waals surface area (Å²) in [5, 5.41) is 0. The summed E-state index contributed by atoms with van der Waals surface area (Å²) >= 11 is 0.762. The van der Waals surface area contributed by atoms with Gasteiger partial charge in [0.1, 0.15) is 0 Å². The van der Waals surface area contributed by atoms with E-state index in [4.69, 9.17) is 2.60 Å². The van der Waals surface area contributed by atoms with Gasteiger partial charge in [-0.1, -0.05) is 0 Å². The molecule has 0 aromatic carbocycles. The summed E-state index contributed by atoms with van der Waals surface area (Å²) in [6.45, 7) is 0.563. The van der Waals surface area contributed by atoms with Gasteiger partial charge in [0, 0.05) is 0 Å². The maximum absolute atomic E-state index is 12.4. The molecule has 2 fully saturated rings. The molecule has 16 heavy (non-hydrogen) atoms. The van der Waals surface area contributed by atoms with Crippen LogP contribution in [0.5, 0.6) is 0 Å². The van der Waals surface area contributed by atoms with Crippen molar-refractivity contribution >= 4 is 19.9 Å². The predicted molar refractivity (Wildman–Crippen MR) is 44.8 cm³/mol. The van der Waals surface area contributed by atoms with Crippen LogP contribution in [0.3, 0.4) is 0 Å². The normalized spacial score (nSPS) is 21.3. The van der Waals surface area contributed by atoms with Crippen molar-refractivity contribution in [1.82, 2.24) is 9.34 Å². The summed E-state index contributed by atoms with van der Waals surface area (Å²) < 4.78 is 28.6. The van der Waals surface area contributed by atoms with Crippen molar-refractivity contribution in [2.24, 2.45) is 0 Å². The zero-order valence-electron chi connectivity index (χ0n) is 8.00. The summed E-state index contributed by atoms with van der Waals surface area (Å²) in [6.07, 6.45) is -1.47. The van der Waals surface area contributed by atoms with Gasteiger partial charge in [-0.3, -0.25) is 0 Å². The van der Waals surface area contributed by atoms with Gasteiger partial charge in [-0.2, -0.15) is 0 Å². The van der Waals surface area contributed by atoms with E-state index >= 15 is 0 Å². The number of rotatable bonds is 3. The predicted octanol–water partition coefficient (Wildman–Crippen LogP) is 0.480. The van der Waals surface area contributed by atoms with E-state index in [1.807, 2.05) is 0 Å². The molecule has 10 heteroatoms. The molecule has 0 aromatic rings. The van der Waals surface area contributed by atoms with Crippen molar-refractivity contribution in [3.05, 3.63) is 0 Å². The molecule has 0 spiro atoms. The molecule has 0 radical (unpaired) electrons. The second-order valence-corrected chi connectivity index (χ2v) is 6.73. The molecule has 2 aliphatic heterocycles. The average Bonchev–Trinajstić information content (AvgIpc) is 2.86. The van der Waals surface area contributed by atoms with E-state index in [1.165, 1.54) is 0 Å². The second kappa shape index (κ2) is 4.47. The van der Waals surface area contributed by atoms with Crippen LogP contribution in [0.1, 0.15) is 0 Å². The van der Waals surface area contributed by atoms with Gasteiger partial charge in [0.25, 0.3) is 0 Å². The van der Waals surface area contributed by atoms with Crippen molar-refractivity contribution in [2.45, 2.75) is 0 Å². The Morgan fingerprint density at radius 3 is 1.81 bits per heavy atom. The van der Waals surface area contributed by atoms with Gasteiger partial charge in [0.15, 0.2) is 0 Å². The van der Waals surface area contributed by atoms with Gasteiger partial charge < -0.3 is 0 Å². The molecule has 0 aromatic heterocycles. The van der Waals surface area contributed by atoms with Crippen LogP contribution < -0.4 is 0 Å². The first-order valence-electron chi connectivity index (χ1n) is 4.39. The summed E-state index contributed by atoms with van der Waals surface area (Å²) in [7, 11) is -3.67. The average molecular weight is 445 g/mol. The van der Waals surface area contributed by atoms with Crippen molar-refractivity contribution in [3.8, 4) is 0 Å². The van der Waals surface area contributed by atoms with E-state index in [9.17, 15) is 14.2 Å². The van der Waals surface area contributed by atoms with Gasteiger partial charge in [-0.25, -0.2) is 0 Å². The van der Waals surface area contributed by atoms with Crippen LogP contribution in [-0.2, 0) is 16.6 Å². The summed E-state index contributed by atoms with van der Waals surface area (Å²) in [5.74, 6) is 0. The van der Waals surface area contributed by atoms with Gasteiger partial charge in [0.05, 0.1) is 0 Å². The molecule has 2 heterocycles. The first-order valence-corrected chi connectivity index (χ1v) is 7.12. The van der Waals surface area contributed by atoms with E-state index in [0.29, 0.717) is 0 Å². The Balaban J connectivity index is 2.27. The van der Waals surface area contributed by atoms with Gasteiger partial charge >= 0.3 is 107 Å². The minimum atomic E-state index is -3.67. The van der Waals surface area contributed by atoms with Crippen LogP contribution in [0.25, 0.3) is 0 Å². The zero-order chi connectivity index (χ0) is 11.8. The van der Waals surface area contributed by atoms with Crippen molar-refractivity contribution in [3.63, 3.8) is 0 Å². The summed E-state index contributed by atoms with van der Waals surface area (Å²) in [4.78, 5) is 22.6. The summed E-state index contributed by atoms with van der Waals surface area (Å²) in [6, 6.07) is 0. The molecule has 8 nitrogen and oxygen atoms in total. The van der Waals surface area contributed by atoms with E-state index in [2.05, 4.69) is 9.47 Å². The Morgan fingerprint density at radius 2 is 1.56 bits per heavy atom. The number of nitrogens with zero attached hydrogens (tertiary/aromatic N) is 2. The molecule has 0 bridgehead atoms. The fourth-order valence-corrected chi connectivity index (χ4v) is 4.78. The molecule has 2 saturated heterocycles. The number of hydrogen-bond donors (Lipinski definition) is 0. The SMILES string of the molecule is O=C1OCCN1P(=O)(O[At])N1CCOC1=O. The Morgan fingerprint density at radius 1 is 1.12 bits per heavy atom. The van der Waals surface area contributed by atoms with Gasteiger partial charge in [-0.15, -0.1) is 0 Å². The van der Waals surface area contributed by atoms with Gasteiger partial charge in [-0.05, 0) is 0 Å². The van der Waals surface area contributed by atoms with Crippen molar-refractivity contribution < 1.29 is 51.4 Å². The van der Waals surface area contributed by atoms with E-state index < -0.39 is 19.9 Å². The van der Waals surface area contributed by atoms with Crippen LogP contribution in [-0.4, -0.2) is 47.8 Å². The van der Waals surface area contributed by atoms with Crippen molar-refractivity contribution in [1.29, 1.82) is 0 Å². The van der Waals surface area contributed by atoms with E-state index in [-0.39, 0.29) is 26.3 Å². The molecule has 2 amide bonds. The standard InChI is InChI=1S/C6H8AtN2O6P/c7-15-16(12,8-1-3-13-5(8)10)9-2-4-14-6(9)11/h1-4H2. The first-order chi connectivity index (χ1) is 7.59. The fourth-order valence-electron chi connectivity index (χ4n) is 1.43. The van der Waals surface area contributed by atoms with Crippen LogP contribution >= 0.6 is 7.67 Å². The molecule has 2 aliphatic rings. The zero-order valence-corrected chi connectivity index (χ0v) is 11.8. The van der Waals surface area contributed by atoms with Gasteiger partial charge in [0.2, 0.25) is 0 Å². The van der Waals surface area contributed by atoms with Crippen LogP contribution in [0.4, 0.5) is 9.59 Å². The van der Waals surface area contributed by atoms with Crippen LogP contribution in [0.2, 0.25) is 0 Å². The quantitative estimate of drug-likeness (QED) is 0.588. The third-order valence-electron chi connectivity index (χ3n) is 2.18. The number of carbonyl (C=O) groups excluding carboxylic acids is 2. The van der Waals surface area contributed by atoms with Crippen molar-refractivity contribution in [2.75, 3.05) is 26.3 Å². The molecule has 0 unspecified atom stereocenters. The first kappa shape index (κ1) is 12.1. The molecule has 0 N–H and O–H groups in total. The number of ether oxygens (including phenoxy) is 2. The number of cyclic esters (lactones) is 2. The minimum absolute atomic E-state index is 0.140. The topological polar surface area (TPSA) is 85.4 Å². The Kier molecular flexibility index (Phi) is 3.38. The third-order valence-corrected chi connectivity index (χ3v) is 6.40. The number of carbonyl (C=O) groups is 2. The second-order valence-electron chi connectivity index (χ2n) is 3.03. The maximum atomic E-state index is 12.4. The van der Waals surface area contributed by atoms with Crippen LogP contribution in [0.15, 0.2) is 0 Å². The Labute approximate surface area is 107 Å². The molecular weight excluding hydrogens is 437 g/mol. The third kappa shape index (κ3) is 1.81. The molecule has 2 rings (SSSR count). The number of hydrogen-bond acceptors (Lipinski definition) is 6. The van der Waals surface area contributed by atoms with E-state index in [1.54, 1.807) is 0 Å². The Bertz CT molecular complexity index is 346. The Hall–Kier alpha value is -0.387. The van der Waals surface area contributed by atoms with Crippen LogP contribution in [0, 0.1) is 25.2 Å². The fraction of sp³-hybridized carbons (Fsp3) is 0.667. The molecule has 0 atom stereocenters. The summed E-state index contributed by atoms with van der Waals surface area (Å²) in [5.41, 5.74) is 0.